The second-order valence-corrected chi connectivity index (χ2v) is 4.39. The van der Waals surface area contributed by atoms with Gasteiger partial charge in [-0.25, -0.2) is 0 Å². The van der Waals surface area contributed by atoms with Gasteiger partial charge in [0.1, 0.15) is 0 Å². The van der Waals surface area contributed by atoms with E-state index in [9.17, 15) is 0 Å². The molecule has 0 saturated carbocycles. The van der Waals surface area contributed by atoms with Crippen LogP contribution in [-0.2, 0) is 14.2 Å². The Kier molecular flexibility index (Phi) is 5.61. The molecule has 0 spiro atoms. The van der Waals surface area contributed by atoms with E-state index >= 15 is 0 Å². The van der Waals surface area contributed by atoms with E-state index in [-0.39, 0.29) is 12.1 Å². The Bertz CT molecular complexity index is 325. The Morgan fingerprint density at radius 2 is 2.17 bits per heavy atom. The first-order valence-corrected chi connectivity index (χ1v) is 6.36. The fourth-order valence-corrected chi connectivity index (χ4v) is 2.05. The van der Waals surface area contributed by atoms with Gasteiger partial charge in [-0.1, -0.05) is 30.3 Å². The molecule has 0 aliphatic carbocycles. The summed E-state index contributed by atoms with van der Waals surface area (Å²) in [6.07, 6.45) is 0.141. The summed E-state index contributed by atoms with van der Waals surface area (Å²) >= 11 is 0. The average molecular weight is 251 g/mol. The van der Waals surface area contributed by atoms with Gasteiger partial charge in [0.25, 0.3) is 0 Å². The zero-order valence-electron chi connectivity index (χ0n) is 10.8. The van der Waals surface area contributed by atoms with E-state index in [1.165, 1.54) is 5.56 Å². The molecule has 100 valence electrons. The molecule has 2 atom stereocenters. The van der Waals surface area contributed by atoms with Crippen LogP contribution < -0.4 is 5.32 Å². The van der Waals surface area contributed by atoms with Gasteiger partial charge in [0.2, 0.25) is 0 Å². The molecule has 18 heavy (non-hydrogen) atoms. The van der Waals surface area contributed by atoms with Gasteiger partial charge in [-0.15, -0.1) is 0 Å². The van der Waals surface area contributed by atoms with Crippen LogP contribution in [0.3, 0.4) is 0 Å². The molecule has 2 unspecified atom stereocenters. The van der Waals surface area contributed by atoms with Crippen molar-refractivity contribution in [3.63, 3.8) is 0 Å². The summed E-state index contributed by atoms with van der Waals surface area (Å²) in [4.78, 5) is 0. The number of rotatable bonds is 6. The number of benzene rings is 1. The van der Waals surface area contributed by atoms with Gasteiger partial charge in [-0.3, -0.25) is 0 Å². The largest absolute Gasteiger partial charge is 0.383 e. The summed E-state index contributed by atoms with van der Waals surface area (Å²) in [5.41, 5.74) is 1.23. The van der Waals surface area contributed by atoms with E-state index < -0.39 is 0 Å². The molecule has 1 aromatic rings. The summed E-state index contributed by atoms with van der Waals surface area (Å²) in [6.45, 7) is 3.49. The van der Waals surface area contributed by atoms with Crippen LogP contribution in [0, 0.1) is 0 Å². The highest BCUT2D eigenvalue weighted by Crippen LogP contribution is 2.13. The maximum atomic E-state index is 5.61. The predicted molar refractivity (Wildman–Crippen MR) is 69.6 cm³/mol. The van der Waals surface area contributed by atoms with Crippen LogP contribution in [0.25, 0.3) is 0 Å². The van der Waals surface area contributed by atoms with E-state index in [0.29, 0.717) is 26.4 Å². The lowest BCUT2D eigenvalue weighted by atomic mass is 10.1. The normalized spacial score (nSPS) is 21.7. The first-order chi connectivity index (χ1) is 8.90. The first-order valence-electron chi connectivity index (χ1n) is 6.36. The van der Waals surface area contributed by atoms with Crippen molar-refractivity contribution in [3.05, 3.63) is 35.9 Å². The second-order valence-electron chi connectivity index (χ2n) is 4.39. The van der Waals surface area contributed by atoms with Crippen molar-refractivity contribution in [1.82, 2.24) is 5.32 Å². The fourth-order valence-electron chi connectivity index (χ4n) is 2.05. The van der Waals surface area contributed by atoms with E-state index in [2.05, 4.69) is 17.4 Å². The molecule has 1 fully saturated rings. The molecule has 4 nitrogen and oxygen atoms in total. The van der Waals surface area contributed by atoms with Gasteiger partial charge >= 0.3 is 0 Å². The SMILES string of the molecule is COCC(NCC1COCCO1)c1ccccc1. The van der Waals surface area contributed by atoms with Crippen molar-refractivity contribution in [2.75, 3.05) is 40.1 Å². The average Bonchev–Trinajstić information content (AvgIpc) is 2.45. The van der Waals surface area contributed by atoms with Crippen LogP contribution in [0.15, 0.2) is 30.3 Å². The zero-order valence-corrected chi connectivity index (χ0v) is 10.8. The van der Waals surface area contributed by atoms with Gasteiger partial charge in [-0.2, -0.15) is 0 Å². The fraction of sp³-hybridized carbons (Fsp3) is 0.571. The van der Waals surface area contributed by atoms with E-state index in [4.69, 9.17) is 14.2 Å². The minimum absolute atomic E-state index is 0.141. The lowest BCUT2D eigenvalue weighted by molar-refractivity contribution is -0.0875. The van der Waals surface area contributed by atoms with Crippen molar-refractivity contribution in [3.8, 4) is 0 Å². The molecule has 0 radical (unpaired) electrons. The molecule has 1 N–H and O–H groups in total. The molecule has 1 aliphatic rings. The molecule has 0 amide bonds. The molecular formula is C14H21NO3. The lowest BCUT2D eigenvalue weighted by Crippen LogP contribution is -2.39. The topological polar surface area (TPSA) is 39.7 Å². The highest BCUT2D eigenvalue weighted by atomic mass is 16.6. The van der Waals surface area contributed by atoms with Crippen molar-refractivity contribution in [2.45, 2.75) is 12.1 Å². The van der Waals surface area contributed by atoms with Gasteiger partial charge in [0.15, 0.2) is 0 Å². The monoisotopic (exact) mass is 251 g/mol. The first kappa shape index (κ1) is 13.5. The maximum Gasteiger partial charge on any atom is 0.0933 e. The van der Waals surface area contributed by atoms with E-state index in [1.807, 2.05) is 18.2 Å². The van der Waals surface area contributed by atoms with E-state index in [0.717, 1.165) is 6.54 Å². The molecule has 4 heteroatoms. The highest BCUT2D eigenvalue weighted by Gasteiger charge is 2.17. The Hall–Kier alpha value is -0.940. The zero-order chi connectivity index (χ0) is 12.6. The molecule has 2 rings (SSSR count). The van der Waals surface area contributed by atoms with Gasteiger partial charge < -0.3 is 19.5 Å². The van der Waals surface area contributed by atoms with Gasteiger partial charge in [0, 0.05) is 13.7 Å². The van der Waals surface area contributed by atoms with Crippen LogP contribution >= 0.6 is 0 Å². The van der Waals surface area contributed by atoms with Crippen molar-refractivity contribution < 1.29 is 14.2 Å². The molecule has 0 aromatic heterocycles. The Labute approximate surface area is 108 Å². The highest BCUT2D eigenvalue weighted by molar-refractivity contribution is 5.18. The smallest absolute Gasteiger partial charge is 0.0933 e. The Morgan fingerprint density at radius 3 is 2.83 bits per heavy atom. The number of nitrogens with one attached hydrogen (secondary N) is 1. The summed E-state index contributed by atoms with van der Waals surface area (Å²) < 4.78 is 16.3. The van der Waals surface area contributed by atoms with Crippen LogP contribution in [0.5, 0.6) is 0 Å². The standard InChI is InChI=1S/C14H21NO3/c1-16-11-14(12-5-3-2-4-6-12)15-9-13-10-17-7-8-18-13/h2-6,13-15H,7-11H2,1H3. The number of ether oxygens (including phenoxy) is 3. The lowest BCUT2D eigenvalue weighted by Gasteiger charge is -2.26. The van der Waals surface area contributed by atoms with Crippen LogP contribution in [0.4, 0.5) is 0 Å². The molecule has 1 aliphatic heterocycles. The number of hydrogen-bond donors (Lipinski definition) is 1. The van der Waals surface area contributed by atoms with E-state index in [1.54, 1.807) is 7.11 Å². The molecule has 1 heterocycles. The van der Waals surface area contributed by atoms with Crippen LogP contribution in [0.2, 0.25) is 0 Å². The van der Waals surface area contributed by atoms with Gasteiger partial charge in [-0.05, 0) is 5.56 Å². The third-order valence-corrected chi connectivity index (χ3v) is 3.01. The summed E-state index contributed by atoms with van der Waals surface area (Å²) in [5.74, 6) is 0. The quantitative estimate of drug-likeness (QED) is 0.829. The Morgan fingerprint density at radius 1 is 1.33 bits per heavy atom. The van der Waals surface area contributed by atoms with Gasteiger partial charge in [0.05, 0.1) is 38.6 Å². The predicted octanol–water partition coefficient (Wildman–Crippen LogP) is 1.38. The molecular weight excluding hydrogens is 230 g/mol. The number of hydrogen-bond acceptors (Lipinski definition) is 4. The van der Waals surface area contributed by atoms with Crippen LogP contribution in [-0.4, -0.2) is 46.2 Å². The summed E-state index contributed by atoms with van der Waals surface area (Å²) in [7, 11) is 1.72. The Balaban J connectivity index is 1.86. The second kappa shape index (κ2) is 7.48. The molecule has 1 saturated heterocycles. The summed E-state index contributed by atoms with van der Waals surface area (Å²) in [6, 6.07) is 10.5. The van der Waals surface area contributed by atoms with Crippen LogP contribution in [0.1, 0.15) is 11.6 Å². The summed E-state index contributed by atoms with van der Waals surface area (Å²) in [5, 5.41) is 3.48. The maximum absolute atomic E-state index is 5.61. The number of methoxy groups -OCH3 is 1. The van der Waals surface area contributed by atoms with Crippen molar-refractivity contribution >= 4 is 0 Å². The minimum atomic E-state index is 0.141. The molecule has 1 aromatic carbocycles. The van der Waals surface area contributed by atoms with Crippen molar-refractivity contribution in [1.29, 1.82) is 0 Å². The molecule has 0 bridgehead atoms. The minimum Gasteiger partial charge on any atom is -0.383 e. The third-order valence-electron chi connectivity index (χ3n) is 3.01. The third kappa shape index (κ3) is 4.07. The van der Waals surface area contributed by atoms with Crippen molar-refractivity contribution in [2.24, 2.45) is 0 Å².